The summed E-state index contributed by atoms with van der Waals surface area (Å²) in [5.74, 6) is 0. The quantitative estimate of drug-likeness (QED) is 0.350. The molecule has 0 aliphatic rings. The van der Waals surface area contributed by atoms with Gasteiger partial charge in [0.1, 0.15) is 0 Å². The van der Waals surface area contributed by atoms with Crippen molar-refractivity contribution < 1.29 is 4.57 Å². The molecule has 2 heteroatoms. The predicted molar refractivity (Wildman–Crippen MR) is 86.2 cm³/mol. The lowest BCUT2D eigenvalue weighted by molar-refractivity contribution is 0.603. The molecule has 20 heavy (non-hydrogen) atoms. The minimum atomic E-state index is 0.0700. The molecule has 0 amide bonds. The highest BCUT2D eigenvalue weighted by Gasteiger charge is 2.10. The maximum absolute atomic E-state index is 11.5. The molecular weight excluding hydrogens is 263 g/mol. The van der Waals surface area contributed by atoms with E-state index >= 15 is 0 Å². The number of fused-ring (bicyclic) bond motifs is 6. The lowest BCUT2D eigenvalue weighted by atomic mass is 9.94. The highest BCUT2D eigenvalue weighted by molar-refractivity contribution is 7.35. The first kappa shape index (κ1) is 11.6. The van der Waals surface area contributed by atoms with Crippen LogP contribution in [0.5, 0.6) is 0 Å². The van der Waals surface area contributed by atoms with Gasteiger partial charge in [-0.1, -0.05) is 60.7 Å². The predicted octanol–water partition coefficient (Wildman–Crippen LogP) is 5.06. The van der Waals surface area contributed by atoms with Crippen LogP contribution in [0.3, 0.4) is 0 Å². The second-order valence-corrected chi connectivity index (χ2v) is 5.55. The largest absolute Gasteiger partial charge is 0.269 e. The minimum Gasteiger partial charge on any atom is -0.269 e. The van der Waals surface area contributed by atoms with Gasteiger partial charge >= 0.3 is 0 Å². The Kier molecular flexibility index (Phi) is 2.55. The van der Waals surface area contributed by atoms with Crippen molar-refractivity contribution in [1.82, 2.24) is 0 Å². The molecule has 0 N–H and O–H groups in total. The molecule has 0 aromatic heterocycles. The van der Waals surface area contributed by atoms with Crippen molar-refractivity contribution in [2.45, 2.75) is 0 Å². The van der Waals surface area contributed by atoms with E-state index in [0.717, 1.165) is 10.7 Å². The second kappa shape index (κ2) is 4.40. The van der Waals surface area contributed by atoms with Gasteiger partial charge in [0.25, 0.3) is 0 Å². The Labute approximate surface area is 118 Å². The van der Waals surface area contributed by atoms with Gasteiger partial charge in [-0.2, -0.15) is 0 Å². The zero-order valence-corrected chi connectivity index (χ0v) is 11.6. The molecule has 1 nitrogen and oxygen atoms in total. The van der Waals surface area contributed by atoms with Gasteiger partial charge in [-0.05, 0) is 33.0 Å². The molecule has 94 valence electrons. The second-order valence-electron chi connectivity index (χ2n) is 4.88. The fraction of sp³-hybridized carbons (Fsp3) is 0. The molecule has 0 fully saturated rings. The lowest BCUT2D eigenvalue weighted by Crippen LogP contribution is -1.95. The third-order valence-electron chi connectivity index (χ3n) is 3.84. The Morgan fingerprint density at radius 3 is 1.55 bits per heavy atom. The van der Waals surface area contributed by atoms with Gasteiger partial charge in [-0.25, -0.2) is 0 Å². The molecule has 0 atom stereocenters. The van der Waals surface area contributed by atoms with Gasteiger partial charge in [-0.3, -0.25) is 4.57 Å². The molecular formula is C18H11OP. The molecule has 4 aromatic rings. The van der Waals surface area contributed by atoms with Gasteiger partial charge < -0.3 is 0 Å². The van der Waals surface area contributed by atoms with Gasteiger partial charge in [0.05, 0.1) is 5.30 Å². The molecule has 0 aliphatic carbocycles. The average Bonchev–Trinajstić information content (AvgIpc) is 2.54. The summed E-state index contributed by atoms with van der Waals surface area (Å²) in [5.41, 5.74) is 0. The Bertz CT molecular complexity index is 928. The van der Waals surface area contributed by atoms with Gasteiger partial charge in [-0.15, -0.1) is 0 Å². The van der Waals surface area contributed by atoms with E-state index < -0.39 is 0 Å². The Morgan fingerprint density at radius 2 is 1.00 bits per heavy atom. The molecule has 0 aliphatic heterocycles. The Hall–Kier alpha value is -2.24. The third-order valence-corrected chi connectivity index (χ3v) is 4.41. The van der Waals surface area contributed by atoms with Crippen molar-refractivity contribution in [1.29, 1.82) is 0 Å². The molecule has 4 rings (SSSR count). The normalized spacial score (nSPS) is 11.6. The van der Waals surface area contributed by atoms with E-state index in [1.165, 1.54) is 26.9 Å². The van der Waals surface area contributed by atoms with Crippen LogP contribution in [0.4, 0.5) is 0 Å². The first-order valence-electron chi connectivity index (χ1n) is 6.55. The number of hydrogen-bond donors (Lipinski definition) is 0. The van der Waals surface area contributed by atoms with Crippen LogP contribution in [-0.4, -0.2) is 0 Å². The van der Waals surface area contributed by atoms with E-state index in [-0.39, 0.29) is 8.46 Å². The van der Waals surface area contributed by atoms with E-state index in [1.54, 1.807) is 0 Å². The monoisotopic (exact) mass is 274 g/mol. The van der Waals surface area contributed by atoms with Crippen molar-refractivity contribution in [3.8, 4) is 0 Å². The van der Waals surface area contributed by atoms with Crippen LogP contribution in [0.15, 0.2) is 66.7 Å². The number of rotatable bonds is 1. The molecule has 0 radical (unpaired) electrons. The van der Waals surface area contributed by atoms with Gasteiger partial charge in [0.2, 0.25) is 0 Å². The third kappa shape index (κ3) is 1.51. The minimum absolute atomic E-state index is 0.0700. The first-order chi connectivity index (χ1) is 9.90. The van der Waals surface area contributed by atoms with Crippen LogP contribution in [-0.2, 0) is 4.57 Å². The average molecular weight is 274 g/mol. The standard InChI is InChI=1S/C18H11OP/c19-20-17-11-5-10-16-14-7-2-1-6-12(14)13-8-3-4-9-15(13)18(16)17/h1-11H. The van der Waals surface area contributed by atoms with Crippen molar-refractivity contribution in [3.63, 3.8) is 0 Å². The zero-order valence-electron chi connectivity index (χ0n) is 10.7. The smallest absolute Gasteiger partial charge is 0.192 e. The number of hydrogen-bond acceptors (Lipinski definition) is 1. The van der Waals surface area contributed by atoms with Crippen molar-refractivity contribution in [3.05, 3.63) is 66.7 Å². The Morgan fingerprint density at radius 1 is 0.550 bits per heavy atom. The first-order valence-corrected chi connectivity index (χ1v) is 7.37. The highest BCUT2D eigenvalue weighted by atomic mass is 31.1. The van der Waals surface area contributed by atoms with Crippen LogP contribution in [0, 0.1) is 0 Å². The van der Waals surface area contributed by atoms with Crippen molar-refractivity contribution in [2.24, 2.45) is 0 Å². The van der Waals surface area contributed by atoms with Crippen LogP contribution in [0.1, 0.15) is 0 Å². The summed E-state index contributed by atoms with van der Waals surface area (Å²) in [4.78, 5) is 0. The van der Waals surface area contributed by atoms with Crippen LogP contribution < -0.4 is 5.30 Å². The molecule has 0 unspecified atom stereocenters. The van der Waals surface area contributed by atoms with E-state index in [1.807, 2.05) is 18.2 Å². The van der Waals surface area contributed by atoms with Crippen LogP contribution in [0.25, 0.3) is 32.3 Å². The molecule has 4 aromatic carbocycles. The van der Waals surface area contributed by atoms with E-state index in [2.05, 4.69) is 48.5 Å². The van der Waals surface area contributed by atoms with Gasteiger partial charge in [0, 0.05) is 5.39 Å². The summed E-state index contributed by atoms with van der Waals surface area (Å²) < 4.78 is 11.5. The van der Waals surface area contributed by atoms with E-state index in [9.17, 15) is 4.57 Å². The molecule has 0 spiro atoms. The molecule has 0 saturated carbocycles. The van der Waals surface area contributed by atoms with E-state index in [0.29, 0.717) is 0 Å². The molecule has 0 bridgehead atoms. The zero-order chi connectivity index (χ0) is 13.5. The summed E-state index contributed by atoms with van der Waals surface area (Å²) >= 11 is 0. The van der Waals surface area contributed by atoms with E-state index in [4.69, 9.17) is 0 Å². The van der Waals surface area contributed by atoms with Crippen LogP contribution >= 0.6 is 8.46 Å². The maximum atomic E-state index is 11.5. The van der Waals surface area contributed by atoms with Crippen LogP contribution in [0.2, 0.25) is 0 Å². The summed E-state index contributed by atoms with van der Waals surface area (Å²) in [5, 5.41) is 7.96. The fourth-order valence-electron chi connectivity index (χ4n) is 3.01. The summed E-state index contributed by atoms with van der Waals surface area (Å²) in [6.07, 6.45) is 0. The SMILES string of the molecule is O=Pc1cccc2c3ccccc3c3ccccc3c12. The fourth-order valence-corrected chi connectivity index (χ4v) is 3.49. The van der Waals surface area contributed by atoms with Crippen molar-refractivity contribution in [2.75, 3.05) is 0 Å². The van der Waals surface area contributed by atoms with Gasteiger partial charge in [0.15, 0.2) is 8.46 Å². The molecule has 0 heterocycles. The summed E-state index contributed by atoms with van der Waals surface area (Å²) in [6, 6.07) is 22.8. The molecule has 0 saturated heterocycles. The topological polar surface area (TPSA) is 17.1 Å². The summed E-state index contributed by atoms with van der Waals surface area (Å²) in [7, 11) is 0.0700. The summed E-state index contributed by atoms with van der Waals surface area (Å²) in [6.45, 7) is 0. The maximum Gasteiger partial charge on any atom is 0.192 e. The number of benzene rings is 4. The lowest BCUT2D eigenvalue weighted by Gasteiger charge is -2.11. The Balaban J connectivity index is 2.46. The van der Waals surface area contributed by atoms with Crippen molar-refractivity contribution >= 4 is 46.1 Å². The highest BCUT2D eigenvalue weighted by Crippen LogP contribution is 2.34.